The molecule has 0 bridgehead atoms. The third-order valence-corrected chi connectivity index (χ3v) is 6.88. The van der Waals surface area contributed by atoms with Crippen LogP contribution in [-0.4, -0.2) is 27.1 Å². The molecule has 2 unspecified atom stereocenters. The molecule has 0 aliphatic rings. The molecular formula is C25H23F3N2O5S. The molecule has 0 saturated heterocycles. The monoisotopic (exact) mass is 520 g/mol. The summed E-state index contributed by atoms with van der Waals surface area (Å²) in [7, 11) is 0. The molecule has 0 aliphatic heterocycles. The van der Waals surface area contributed by atoms with E-state index in [0.717, 1.165) is 16.9 Å². The number of ether oxygens (including phenoxy) is 2. The van der Waals surface area contributed by atoms with Crippen molar-refractivity contribution in [3.05, 3.63) is 80.5 Å². The van der Waals surface area contributed by atoms with Crippen molar-refractivity contribution in [2.45, 2.75) is 45.9 Å². The number of fused-ring (bicyclic) bond motifs is 1. The summed E-state index contributed by atoms with van der Waals surface area (Å²) in [6, 6.07) is 13.2. The van der Waals surface area contributed by atoms with Gasteiger partial charge in [0.15, 0.2) is 11.5 Å². The number of hydrogen-bond donors (Lipinski definition) is 2. The van der Waals surface area contributed by atoms with Gasteiger partial charge in [-0.15, -0.1) is 24.5 Å². The van der Waals surface area contributed by atoms with E-state index in [1.165, 1.54) is 23.6 Å². The maximum Gasteiger partial charge on any atom is 0.573 e. The molecule has 0 amide bonds. The Morgan fingerprint density at radius 3 is 2.42 bits per heavy atom. The van der Waals surface area contributed by atoms with Crippen molar-refractivity contribution in [2.24, 2.45) is 0 Å². The number of aryl methyl sites for hydroxylation is 1. The number of nitrogens with zero attached hydrogens (tertiary/aromatic N) is 1. The van der Waals surface area contributed by atoms with Gasteiger partial charge in [-0.3, -0.25) is 14.3 Å². The highest BCUT2D eigenvalue weighted by Crippen LogP contribution is 2.42. The van der Waals surface area contributed by atoms with Crippen LogP contribution in [0, 0.1) is 6.92 Å². The normalized spacial score (nSPS) is 13.5. The van der Waals surface area contributed by atoms with E-state index in [0.29, 0.717) is 20.8 Å². The number of aromatic amines is 1. The fraction of sp³-hybridized carbons (Fsp3) is 0.280. The lowest BCUT2D eigenvalue weighted by molar-refractivity contribution is -0.275. The molecule has 4 rings (SSSR count). The zero-order chi connectivity index (χ0) is 26.2. The minimum atomic E-state index is -4.96. The van der Waals surface area contributed by atoms with Crippen LogP contribution in [0.1, 0.15) is 31.1 Å². The molecule has 2 aromatic heterocycles. The molecule has 36 heavy (non-hydrogen) atoms. The molecule has 2 aromatic carbocycles. The zero-order valence-corrected chi connectivity index (χ0v) is 20.4. The Kier molecular flexibility index (Phi) is 6.96. The van der Waals surface area contributed by atoms with Crippen LogP contribution in [0.3, 0.4) is 0 Å². The number of benzene rings is 2. The van der Waals surface area contributed by atoms with Gasteiger partial charge in [-0.05, 0) is 55.7 Å². The SMILES string of the molecule is Cc1c(-c2ccc(OC(C)c3ccccc3)c(OC(F)(F)F)c2)sc2c1c(=O)[nH]c(=O)n2CC(C)O. The summed E-state index contributed by atoms with van der Waals surface area (Å²) < 4.78 is 51.1. The predicted octanol–water partition coefficient (Wildman–Crippen LogP) is 5.15. The topological polar surface area (TPSA) is 93.5 Å². The first-order chi connectivity index (χ1) is 16.9. The van der Waals surface area contributed by atoms with Gasteiger partial charge >= 0.3 is 12.1 Å². The van der Waals surface area contributed by atoms with Crippen LogP contribution >= 0.6 is 11.3 Å². The lowest BCUT2D eigenvalue weighted by Gasteiger charge is -2.19. The minimum Gasteiger partial charge on any atom is -0.482 e. The lowest BCUT2D eigenvalue weighted by atomic mass is 10.1. The summed E-state index contributed by atoms with van der Waals surface area (Å²) in [4.78, 5) is 27.9. The molecule has 0 saturated carbocycles. The fourth-order valence-corrected chi connectivity index (χ4v) is 5.22. The third-order valence-electron chi connectivity index (χ3n) is 5.52. The van der Waals surface area contributed by atoms with Crippen molar-refractivity contribution in [1.82, 2.24) is 9.55 Å². The van der Waals surface area contributed by atoms with E-state index >= 15 is 0 Å². The first kappa shape index (κ1) is 25.5. The average molecular weight is 521 g/mol. The number of hydrogen-bond acceptors (Lipinski definition) is 6. The Morgan fingerprint density at radius 2 is 1.78 bits per heavy atom. The maximum atomic E-state index is 13.3. The number of halogens is 3. The number of aliphatic hydroxyl groups is 1. The number of alkyl halides is 3. The second kappa shape index (κ2) is 9.82. The number of thiophene rings is 1. The molecule has 0 fully saturated rings. The lowest BCUT2D eigenvalue weighted by Crippen LogP contribution is -2.32. The molecule has 11 heteroatoms. The van der Waals surface area contributed by atoms with E-state index in [2.05, 4.69) is 9.72 Å². The second-order valence-electron chi connectivity index (χ2n) is 8.34. The molecule has 0 spiro atoms. The van der Waals surface area contributed by atoms with Gasteiger partial charge in [-0.25, -0.2) is 4.79 Å². The highest BCUT2D eigenvalue weighted by molar-refractivity contribution is 7.22. The summed E-state index contributed by atoms with van der Waals surface area (Å²) in [5.41, 5.74) is 0.319. The summed E-state index contributed by atoms with van der Waals surface area (Å²) in [6.45, 7) is 4.80. The van der Waals surface area contributed by atoms with Crippen LogP contribution < -0.4 is 20.7 Å². The number of aromatic nitrogens is 2. The van der Waals surface area contributed by atoms with Crippen LogP contribution in [-0.2, 0) is 6.54 Å². The van der Waals surface area contributed by atoms with E-state index in [-0.39, 0.29) is 17.7 Å². The summed E-state index contributed by atoms with van der Waals surface area (Å²) in [5, 5.41) is 10.0. The quantitative estimate of drug-likeness (QED) is 0.352. The molecule has 7 nitrogen and oxygen atoms in total. The van der Waals surface area contributed by atoms with Gasteiger partial charge in [0.25, 0.3) is 5.56 Å². The Morgan fingerprint density at radius 1 is 1.08 bits per heavy atom. The van der Waals surface area contributed by atoms with Gasteiger partial charge in [0.05, 0.1) is 18.0 Å². The average Bonchev–Trinajstić information content (AvgIpc) is 3.14. The largest absolute Gasteiger partial charge is 0.573 e. The number of aliphatic hydroxyl groups excluding tert-OH is 1. The van der Waals surface area contributed by atoms with Crippen LogP contribution in [0.2, 0.25) is 0 Å². The molecule has 0 radical (unpaired) electrons. The number of H-pyrrole nitrogens is 1. The van der Waals surface area contributed by atoms with Crippen molar-refractivity contribution in [2.75, 3.05) is 0 Å². The second-order valence-corrected chi connectivity index (χ2v) is 9.33. The fourth-order valence-electron chi connectivity index (χ4n) is 3.91. The number of nitrogens with one attached hydrogen (secondary N) is 1. The van der Waals surface area contributed by atoms with Crippen molar-refractivity contribution >= 4 is 21.6 Å². The van der Waals surface area contributed by atoms with Gasteiger partial charge in [-0.1, -0.05) is 30.3 Å². The maximum absolute atomic E-state index is 13.3. The molecule has 2 N–H and O–H groups in total. The summed E-state index contributed by atoms with van der Waals surface area (Å²) in [5.74, 6) is -0.634. The van der Waals surface area contributed by atoms with Crippen molar-refractivity contribution in [3.63, 3.8) is 0 Å². The summed E-state index contributed by atoms with van der Waals surface area (Å²) in [6.07, 6.45) is -6.37. The van der Waals surface area contributed by atoms with Crippen molar-refractivity contribution < 1.29 is 27.8 Å². The van der Waals surface area contributed by atoms with Gasteiger partial charge in [0, 0.05) is 4.88 Å². The van der Waals surface area contributed by atoms with Crippen molar-refractivity contribution in [3.8, 4) is 21.9 Å². The van der Waals surface area contributed by atoms with E-state index in [1.807, 2.05) is 6.07 Å². The Balaban J connectivity index is 1.82. The highest BCUT2D eigenvalue weighted by Gasteiger charge is 2.33. The van der Waals surface area contributed by atoms with Crippen LogP contribution in [0.25, 0.3) is 20.7 Å². The van der Waals surface area contributed by atoms with Crippen LogP contribution in [0.5, 0.6) is 11.5 Å². The molecule has 190 valence electrons. The molecule has 4 aromatic rings. The van der Waals surface area contributed by atoms with Gasteiger partial charge in [0.2, 0.25) is 0 Å². The van der Waals surface area contributed by atoms with E-state index in [4.69, 9.17) is 4.74 Å². The number of rotatable bonds is 7. The molecule has 0 aliphatic carbocycles. The highest BCUT2D eigenvalue weighted by atomic mass is 32.1. The Labute approximate surface area is 207 Å². The van der Waals surface area contributed by atoms with E-state index in [9.17, 15) is 27.9 Å². The standard InChI is InChI=1S/C25H23F3N2O5S/c1-13(31)12-30-23-20(22(32)29-24(30)33)14(2)21(36-23)17-9-10-18(19(11-17)35-25(26,27)28)34-15(3)16-7-5-4-6-8-16/h4-11,13,15,31H,12H2,1-3H3,(H,29,32,33). The summed E-state index contributed by atoms with van der Waals surface area (Å²) >= 11 is 1.07. The van der Waals surface area contributed by atoms with E-state index < -0.39 is 35.6 Å². The first-order valence-corrected chi connectivity index (χ1v) is 11.8. The van der Waals surface area contributed by atoms with Crippen LogP contribution in [0.15, 0.2) is 58.1 Å². The van der Waals surface area contributed by atoms with Gasteiger partial charge < -0.3 is 14.6 Å². The first-order valence-electron chi connectivity index (χ1n) is 11.0. The predicted molar refractivity (Wildman–Crippen MR) is 131 cm³/mol. The Bertz CT molecular complexity index is 1510. The molecular weight excluding hydrogens is 497 g/mol. The molecule has 2 heterocycles. The van der Waals surface area contributed by atoms with E-state index in [1.54, 1.807) is 44.2 Å². The molecule has 2 atom stereocenters. The zero-order valence-electron chi connectivity index (χ0n) is 19.6. The third kappa shape index (κ3) is 5.31. The Hall–Kier alpha value is -3.57. The van der Waals surface area contributed by atoms with Gasteiger partial charge in [-0.2, -0.15) is 0 Å². The van der Waals surface area contributed by atoms with Crippen molar-refractivity contribution in [1.29, 1.82) is 0 Å². The minimum absolute atomic E-state index is 0.0574. The van der Waals surface area contributed by atoms with Gasteiger partial charge in [0.1, 0.15) is 10.9 Å². The van der Waals surface area contributed by atoms with Crippen LogP contribution in [0.4, 0.5) is 13.2 Å². The smallest absolute Gasteiger partial charge is 0.482 e.